The quantitative estimate of drug-likeness (QED) is 0.899. The number of rotatable bonds is 5. The van der Waals surface area contributed by atoms with Gasteiger partial charge in [-0.25, -0.2) is 4.39 Å². The average Bonchev–Trinajstić information content (AvgIpc) is 2.47. The lowest BCUT2D eigenvalue weighted by molar-refractivity contribution is 0.242. The van der Waals surface area contributed by atoms with Gasteiger partial charge in [0.05, 0.1) is 17.7 Å². The zero-order valence-electron chi connectivity index (χ0n) is 12.1. The van der Waals surface area contributed by atoms with Gasteiger partial charge >= 0.3 is 0 Å². The van der Waals surface area contributed by atoms with Crippen molar-refractivity contribution in [1.29, 1.82) is 5.26 Å². The first-order chi connectivity index (χ1) is 10.1. The van der Waals surface area contributed by atoms with E-state index >= 15 is 0 Å². The molecule has 0 bridgehead atoms. The largest absolute Gasteiger partial charge is 0.491 e. The van der Waals surface area contributed by atoms with Crippen LogP contribution >= 0.6 is 0 Å². The molecule has 4 heteroatoms. The van der Waals surface area contributed by atoms with Crippen LogP contribution in [0, 0.1) is 17.1 Å². The summed E-state index contributed by atoms with van der Waals surface area (Å²) in [6.07, 6.45) is 0.131. The predicted octanol–water partition coefficient (Wildman–Crippen LogP) is 4.10. The lowest BCUT2D eigenvalue weighted by Gasteiger charge is -2.11. The molecule has 2 rings (SSSR count). The van der Waals surface area contributed by atoms with E-state index in [-0.39, 0.29) is 11.9 Å². The fourth-order valence-electron chi connectivity index (χ4n) is 1.90. The van der Waals surface area contributed by atoms with Gasteiger partial charge < -0.3 is 10.1 Å². The summed E-state index contributed by atoms with van der Waals surface area (Å²) >= 11 is 0. The molecule has 0 fully saturated rings. The van der Waals surface area contributed by atoms with Crippen molar-refractivity contribution in [2.75, 3.05) is 5.32 Å². The smallest absolute Gasteiger partial charge is 0.128 e. The van der Waals surface area contributed by atoms with Crippen LogP contribution in [0.3, 0.4) is 0 Å². The molecule has 2 aromatic rings. The molecule has 0 aliphatic carbocycles. The summed E-state index contributed by atoms with van der Waals surface area (Å²) in [4.78, 5) is 0. The second-order valence-corrected chi connectivity index (χ2v) is 4.96. The molecule has 0 aliphatic heterocycles. The van der Waals surface area contributed by atoms with Gasteiger partial charge in [0.25, 0.3) is 0 Å². The summed E-state index contributed by atoms with van der Waals surface area (Å²) in [7, 11) is 0. The first-order valence-corrected chi connectivity index (χ1v) is 6.77. The lowest BCUT2D eigenvalue weighted by atomic mass is 10.1. The standard InChI is InChI=1S/C17H17FN2O/c1-12(2)21-16-6-4-15(5-7-16)20-11-14-9-13(10-19)3-8-17(14)18/h3-9,12,20H,11H2,1-2H3. The number of hydrogen-bond acceptors (Lipinski definition) is 3. The van der Waals surface area contributed by atoms with Crippen LogP contribution in [-0.2, 0) is 6.54 Å². The van der Waals surface area contributed by atoms with Gasteiger partial charge in [-0.15, -0.1) is 0 Å². The number of ether oxygens (including phenoxy) is 1. The van der Waals surface area contributed by atoms with E-state index in [1.807, 2.05) is 44.2 Å². The van der Waals surface area contributed by atoms with E-state index in [4.69, 9.17) is 10.00 Å². The third-order valence-electron chi connectivity index (χ3n) is 2.88. The monoisotopic (exact) mass is 284 g/mol. The Labute approximate surface area is 124 Å². The highest BCUT2D eigenvalue weighted by atomic mass is 19.1. The van der Waals surface area contributed by atoms with Crippen LogP contribution in [0.25, 0.3) is 0 Å². The summed E-state index contributed by atoms with van der Waals surface area (Å²) < 4.78 is 19.2. The Bertz CT molecular complexity index is 645. The minimum atomic E-state index is -0.318. The van der Waals surface area contributed by atoms with Crippen molar-refractivity contribution in [2.45, 2.75) is 26.5 Å². The molecule has 0 radical (unpaired) electrons. The molecule has 0 atom stereocenters. The molecule has 2 aromatic carbocycles. The van der Waals surface area contributed by atoms with E-state index in [0.717, 1.165) is 11.4 Å². The Kier molecular flexibility index (Phi) is 4.78. The van der Waals surface area contributed by atoms with E-state index < -0.39 is 0 Å². The fraction of sp³-hybridized carbons (Fsp3) is 0.235. The Hall–Kier alpha value is -2.54. The third-order valence-corrected chi connectivity index (χ3v) is 2.88. The van der Waals surface area contributed by atoms with Crippen LogP contribution in [0.15, 0.2) is 42.5 Å². The number of benzene rings is 2. The number of halogens is 1. The molecule has 0 heterocycles. The number of nitriles is 1. The van der Waals surface area contributed by atoms with Crippen molar-refractivity contribution < 1.29 is 9.13 Å². The normalized spacial score (nSPS) is 10.2. The highest BCUT2D eigenvalue weighted by Gasteiger charge is 2.04. The zero-order valence-corrected chi connectivity index (χ0v) is 12.1. The van der Waals surface area contributed by atoms with Crippen molar-refractivity contribution in [3.63, 3.8) is 0 Å². The van der Waals surface area contributed by atoms with Gasteiger partial charge in [0.2, 0.25) is 0 Å². The summed E-state index contributed by atoms with van der Waals surface area (Å²) in [6.45, 7) is 4.26. The molecule has 0 spiro atoms. The second-order valence-electron chi connectivity index (χ2n) is 4.96. The number of nitrogens with zero attached hydrogens (tertiary/aromatic N) is 1. The van der Waals surface area contributed by atoms with E-state index in [9.17, 15) is 4.39 Å². The molecule has 1 N–H and O–H groups in total. The van der Waals surface area contributed by atoms with Crippen LogP contribution in [0.1, 0.15) is 25.0 Å². The molecule has 0 saturated heterocycles. The Morgan fingerprint density at radius 1 is 1.19 bits per heavy atom. The molecular formula is C17H17FN2O. The first kappa shape index (κ1) is 14.9. The SMILES string of the molecule is CC(C)Oc1ccc(NCc2cc(C#N)ccc2F)cc1. The van der Waals surface area contributed by atoms with Crippen molar-refractivity contribution >= 4 is 5.69 Å². The molecule has 108 valence electrons. The highest BCUT2D eigenvalue weighted by Crippen LogP contribution is 2.18. The number of anilines is 1. The molecule has 0 amide bonds. The van der Waals surface area contributed by atoms with Gasteiger partial charge in [-0.2, -0.15) is 5.26 Å². The zero-order chi connectivity index (χ0) is 15.2. The summed E-state index contributed by atoms with van der Waals surface area (Å²) in [5.74, 6) is 0.481. The molecule has 21 heavy (non-hydrogen) atoms. The van der Waals surface area contributed by atoms with Crippen LogP contribution in [-0.4, -0.2) is 6.10 Å². The van der Waals surface area contributed by atoms with E-state index in [1.54, 1.807) is 6.07 Å². The molecule has 3 nitrogen and oxygen atoms in total. The summed E-state index contributed by atoms with van der Waals surface area (Å²) in [5.41, 5.74) is 1.79. The fourth-order valence-corrected chi connectivity index (χ4v) is 1.90. The van der Waals surface area contributed by atoms with Crippen LogP contribution in [0.4, 0.5) is 10.1 Å². The molecule has 0 aliphatic rings. The van der Waals surface area contributed by atoms with Gasteiger partial charge in [0.1, 0.15) is 11.6 Å². The van der Waals surface area contributed by atoms with Crippen molar-refractivity contribution in [2.24, 2.45) is 0 Å². The van der Waals surface area contributed by atoms with Gasteiger partial charge in [-0.05, 0) is 56.3 Å². The van der Waals surface area contributed by atoms with Crippen molar-refractivity contribution in [3.8, 4) is 11.8 Å². The molecule has 0 saturated carbocycles. The number of nitrogens with one attached hydrogen (secondary N) is 1. The maximum Gasteiger partial charge on any atom is 0.128 e. The summed E-state index contributed by atoms with van der Waals surface area (Å²) in [5, 5.41) is 12.0. The van der Waals surface area contributed by atoms with E-state index in [2.05, 4.69) is 5.32 Å². The number of hydrogen-bond donors (Lipinski definition) is 1. The van der Waals surface area contributed by atoms with Gasteiger partial charge in [-0.1, -0.05) is 0 Å². The minimum absolute atomic E-state index is 0.131. The van der Waals surface area contributed by atoms with Gasteiger partial charge in [0, 0.05) is 17.8 Å². The van der Waals surface area contributed by atoms with Crippen LogP contribution < -0.4 is 10.1 Å². The molecule has 0 aromatic heterocycles. The third kappa shape index (κ3) is 4.22. The Balaban J connectivity index is 2.01. The van der Waals surface area contributed by atoms with E-state index in [0.29, 0.717) is 17.7 Å². The highest BCUT2D eigenvalue weighted by molar-refractivity contribution is 5.47. The maximum atomic E-state index is 13.6. The lowest BCUT2D eigenvalue weighted by Crippen LogP contribution is -2.06. The van der Waals surface area contributed by atoms with Gasteiger partial charge in [-0.3, -0.25) is 0 Å². The Morgan fingerprint density at radius 3 is 2.52 bits per heavy atom. The average molecular weight is 284 g/mol. The first-order valence-electron chi connectivity index (χ1n) is 6.77. The Morgan fingerprint density at radius 2 is 1.90 bits per heavy atom. The molecule has 0 unspecified atom stereocenters. The maximum absolute atomic E-state index is 13.6. The van der Waals surface area contributed by atoms with Gasteiger partial charge in [0.15, 0.2) is 0 Å². The predicted molar refractivity (Wildman–Crippen MR) is 80.6 cm³/mol. The van der Waals surface area contributed by atoms with Crippen LogP contribution in [0.2, 0.25) is 0 Å². The summed E-state index contributed by atoms with van der Waals surface area (Å²) in [6, 6.07) is 13.8. The van der Waals surface area contributed by atoms with E-state index in [1.165, 1.54) is 12.1 Å². The van der Waals surface area contributed by atoms with Crippen molar-refractivity contribution in [3.05, 3.63) is 59.4 Å². The topological polar surface area (TPSA) is 45.0 Å². The van der Waals surface area contributed by atoms with Crippen LogP contribution in [0.5, 0.6) is 5.75 Å². The minimum Gasteiger partial charge on any atom is -0.491 e. The molecular weight excluding hydrogens is 267 g/mol. The second kappa shape index (κ2) is 6.76. The van der Waals surface area contributed by atoms with Crippen molar-refractivity contribution in [1.82, 2.24) is 0 Å².